The molecule has 1 N–H and O–H groups in total. The van der Waals surface area contributed by atoms with Crippen LogP contribution in [-0.4, -0.2) is 18.3 Å². The number of fused-ring (bicyclic) bond motifs is 1. The van der Waals surface area contributed by atoms with Crippen LogP contribution in [-0.2, 0) is 5.41 Å². The van der Waals surface area contributed by atoms with Gasteiger partial charge in [-0.25, -0.2) is 0 Å². The van der Waals surface area contributed by atoms with Gasteiger partial charge in [-0.2, -0.15) is 0 Å². The van der Waals surface area contributed by atoms with E-state index in [1.807, 2.05) is 6.07 Å². The molecule has 0 atom stereocenters. The number of ether oxygens (including phenoxy) is 2. The first-order valence-corrected chi connectivity index (χ1v) is 5.12. The molecular weight excluding hydrogens is 192 g/mol. The minimum atomic E-state index is -0.0154. The van der Waals surface area contributed by atoms with Crippen LogP contribution in [0.1, 0.15) is 26.3 Å². The van der Waals surface area contributed by atoms with Crippen LogP contribution in [0.5, 0.6) is 17.2 Å². The molecular formula is C12H16O3. The van der Waals surface area contributed by atoms with Gasteiger partial charge >= 0.3 is 0 Å². The second kappa shape index (κ2) is 3.33. The molecule has 1 aliphatic heterocycles. The van der Waals surface area contributed by atoms with E-state index in [9.17, 15) is 5.11 Å². The zero-order chi connectivity index (χ0) is 11.1. The summed E-state index contributed by atoms with van der Waals surface area (Å²) in [5, 5.41) is 9.64. The van der Waals surface area contributed by atoms with Crippen molar-refractivity contribution in [2.24, 2.45) is 0 Å². The molecule has 2 rings (SSSR count). The van der Waals surface area contributed by atoms with E-state index in [0.717, 1.165) is 5.56 Å². The third-order valence-corrected chi connectivity index (χ3v) is 2.48. The first-order valence-electron chi connectivity index (χ1n) is 5.12. The quantitative estimate of drug-likeness (QED) is 0.711. The first-order chi connectivity index (χ1) is 7.00. The molecule has 3 heteroatoms. The SMILES string of the molecule is CC(C)(C)c1ccc(O)c2c1OCCO2. The van der Waals surface area contributed by atoms with Crippen molar-refractivity contribution in [3.8, 4) is 17.2 Å². The van der Waals surface area contributed by atoms with Crippen LogP contribution < -0.4 is 9.47 Å². The van der Waals surface area contributed by atoms with E-state index in [1.54, 1.807) is 6.07 Å². The Kier molecular flexibility index (Phi) is 2.25. The van der Waals surface area contributed by atoms with E-state index in [4.69, 9.17) is 9.47 Å². The van der Waals surface area contributed by atoms with Gasteiger partial charge in [-0.15, -0.1) is 0 Å². The average molecular weight is 208 g/mol. The van der Waals surface area contributed by atoms with Crippen molar-refractivity contribution in [2.45, 2.75) is 26.2 Å². The predicted octanol–water partition coefficient (Wildman–Crippen LogP) is 2.46. The topological polar surface area (TPSA) is 38.7 Å². The van der Waals surface area contributed by atoms with E-state index in [0.29, 0.717) is 24.7 Å². The van der Waals surface area contributed by atoms with Crippen LogP contribution in [0.15, 0.2) is 12.1 Å². The molecule has 1 heterocycles. The second-order valence-corrected chi connectivity index (χ2v) is 4.74. The molecule has 1 aliphatic rings. The Balaban J connectivity index is 2.58. The van der Waals surface area contributed by atoms with Gasteiger partial charge < -0.3 is 14.6 Å². The summed E-state index contributed by atoms with van der Waals surface area (Å²) in [6.45, 7) is 7.36. The highest BCUT2D eigenvalue weighted by Gasteiger charge is 2.26. The number of hydrogen-bond donors (Lipinski definition) is 1. The van der Waals surface area contributed by atoms with E-state index < -0.39 is 0 Å². The number of benzene rings is 1. The van der Waals surface area contributed by atoms with Crippen molar-refractivity contribution in [3.63, 3.8) is 0 Å². The van der Waals surface area contributed by atoms with Gasteiger partial charge in [0.05, 0.1) is 0 Å². The summed E-state index contributed by atoms with van der Waals surface area (Å²) in [6.07, 6.45) is 0. The number of aromatic hydroxyl groups is 1. The highest BCUT2D eigenvalue weighted by molar-refractivity contribution is 5.57. The van der Waals surface area contributed by atoms with Gasteiger partial charge in [0, 0.05) is 5.56 Å². The molecule has 1 aromatic carbocycles. The molecule has 0 unspecified atom stereocenters. The zero-order valence-electron chi connectivity index (χ0n) is 9.33. The summed E-state index contributed by atoms with van der Waals surface area (Å²) in [6, 6.07) is 3.55. The van der Waals surface area contributed by atoms with Gasteiger partial charge in [-0.1, -0.05) is 26.8 Å². The summed E-state index contributed by atoms with van der Waals surface area (Å²) in [7, 11) is 0. The molecule has 0 saturated carbocycles. The third-order valence-electron chi connectivity index (χ3n) is 2.48. The molecule has 0 spiro atoms. The zero-order valence-corrected chi connectivity index (χ0v) is 9.33. The van der Waals surface area contributed by atoms with Crippen molar-refractivity contribution in [1.82, 2.24) is 0 Å². The van der Waals surface area contributed by atoms with Crippen molar-refractivity contribution < 1.29 is 14.6 Å². The maximum Gasteiger partial charge on any atom is 0.203 e. The highest BCUT2D eigenvalue weighted by Crippen LogP contribution is 2.45. The summed E-state index contributed by atoms with van der Waals surface area (Å²) in [5.74, 6) is 1.32. The number of phenols is 1. The summed E-state index contributed by atoms with van der Waals surface area (Å²) < 4.78 is 11.0. The molecule has 0 aliphatic carbocycles. The fourth-order valence-corrected chi connectivity index (χ4v) is 1.71. The van der Waals surface area contributed by atoms with Crippen molar-refractivity contribution in [1.29, 1.82) is 0 Å². The Labute approximate surface area is 89.6 Å². The Bertz CT molecular complexity index is 377. The van der Waals surface area contributed by atoms with E-state index in [-0.39, 0.29) is 11.2 Å². The lowest BCUT2D eigenvalue weighted by Gasteiger charge is -2.27. The Morgan fingerprint density at radius 3 is 2.27 bits per heavy atom. The highest BCUT2D eigenvalue weighted by atomic mass is 16.6. The van der Waals surface area contributed by atoms with E-state index in [1.165, 1.54) is 0 Å². The monoisotopic (exact) mass is 208 g/mol. The third kappa shape index (κ3) is 1.74. The average Bonchev–Trinajstić information content (AvgIpc) is 2.17. The lowest BCUT2D eigenvalue weighted by molar-refractivity contribution is 0.162. The fourth-order valence-electron chi connectivity index (χ4n) is 1.71. The number of rotatable bonds is 0. The Morgan fingerprint density at radius 2 is 1.67 bits per heavy atom. The lowest BCUT2D eigenvalue weighted by Crippen LogP contribution is -2.20. The molecule has 0 amide bonds. The summed E-state index contributed by atoms with van der Waals surface area (Å²) >= 11 is 0. The molecule has 0 saturated heterocycles. The second-order valence-electron chi connectivity index (χ2n) is 4.74. The minimum Gasteiger partial charge on any atom is -0.504 e. The van der Waals surface area contributed by atoms with Crippen molar-refractivity contribution in [2.75, 3.05) is 13.2 Å². The Hall–Kier alpha value is -1.38. The van der Waals surface area contributed by atoms with Gasteiger partial charge in [0.15, 0.2) is 11.5 Å². The fraction of sp³-hybridized carbons (Fsp3) is 0.500. The molecule has 0 aromatic heterocycles. The van der Waals surface area contributed by atoms with E-state index >= 15 is 0 Å². The van der Waals surface area contributed by atoms with Crippen LogP contribution in [0.2, 0.25) is 0 Å². The maximum atomic E-state index is 9.64. The molecule has 0 fully saturated rings. The Morgan fingerprint density at radius 1 is 1.07 bits per heavy atom. The first kappa shape index (κ1) is 10.1. The molecule has 3 nitrogen and oxygen atoms in total. The molecule has 82 valence electrons. The van der Waals surface area contributed by atoms with Gasteiger partial charge in [-0.05, 0) is 11.5 Å². The number of hydrogen-bond acceptors (Lipinski definition) is 3. The van der Waals surface area contributed by atoms with Crippen LogP contribution >= 0.6 is 0 Å². The normalized spacial score (nSPS) is 15.1. The van der Waals surface area contributed by atoms with Gasteiger partial charge in [0.25, 0.3) is 0 Å². The van der Waals surface area contributed by atoms with Gasteiger partial charge in [-0.3, -0.25) is 0 Å². The maximum absolute atomic E-state index is 9.64. The van der Waals surface area contributed by atoms with E-state index in [2.05, 4.69) is 20.8 Å². The summed E-state index contributed by atoms with van der Waals surface area (Å²) in [5.41, 5.74) is 1.05. The van der Waals surface area contributed by atoms with Crippen LogP contribution in [0, 0.1) is 0 Å². The molecule has 1 aromatic rings. The lowest BCUT2D eigenvalue weighted by atomic mass is 9.86. The minimum absolute atomic E-state index is 0.0154. The van der Waals surface area contributed by atoms with Crippen LogP contribution in [0.4, 0.5) is 0 Å². The molecule has 0 bridgehead atoms. The molecule has 15 heavy (non-hydrogen) atoms. The number of phenolic OH excluding ortho intramolecular Hbond substituents is 1. The largest absolute Gasteiger partial charge is 0.504 e. The van der Waals surface area contributed by atoms with Crippen molar-refractivity contribution >= 4 is 0 Å². The smallest absolute Gasteiger partial charge is 0.203 e. The van der Waals surface area contributed by atoms with Crippen molar-refractivity contribution in [3.05, 3.63) is 17.7 Å². The predicted molar refractivity (Wildman–Crippen MR) is 57.8 cm³/mol. The standard InChI is InChI=1S/C12H16O3/c1-12(2,3)8-4-5-9(13)11-10(8)14-6-7-15-11/h4-5,13H,6-7H2,1-3H3. The molecule has 0 radical (unpaired) electrons. The van der Waals surface area contributed by atoms with Gasteiger partial charge in [0.2, 0.25) is 5.75 Å². The van der Waals surface area contributed by atoms with Gasteiger partial charge in [0.1, 0.15) is 13.2 Å². The van der Waals surface area contributed by atoms with Crippen LogP contribution in [0.3, 0.4) is 0 Å². The summed E-state index contributed by atoms with van der Waals surface area (Å²) in [4.78, 5) is 0. The van der Waals surface area contributed by atoms with Crippen LogP contribution in [0.25, 0.3) is 0 Å².